The summed E-state index contributed by atoms with van der Waals surface area (Å²) in [4.78, 5) is 0. The number of hydrogen-bond acceptors (Lipinski definition) is 1. The van der Waals surface area contributed by atoms with Gasteiger partial charge in [-0.3, -0.25) is 0 Å². The van der Waals surface area contributed by atoms with Crippen molar-refractivity contribution in [2.24, 2.45) is 0 Å². The Morgan fingerprint density at radius 3 is 2.25 bits per heavy atom. The maximum atomic E-state index is 11.7. The summed E-state index contributed by atoms with van der Waals surface area (Å²) in [5.41, 5.74) is 0.323. The third kappa shape index (κ3) is 5.08. The predicted octanol–water partition coefficient (Wildman–Crippen LogP) is 2.07. The van der Waals surface area contributed by atoms with E-state index in [9.17, 15) is 4.39 Å². The van der Waals surface area contributed by atoms with E-state index in [4.69, 9.17) is 5.41 Å². The molecule has 0 atom stereocenters. The van der Waals surface area contributed by atoms with Crippen LogP contribution in [-0.2, 0) is 0 Å². The average molecular weight is 113 g/mol. The Labute approximate surface area is 48.0 Å². The molecule has 0 spiro atoms. The zero-order chi connectivity index (χ0) is 6.57. The third-order valence-electron chi connectivity index (χ3n) is 0.514. The summed E-state index contributed by atoms with van der Waals surface area (Å²) in [6, 6.07) is 0. The van der Waals surface area contributed by atoms with Crippen LogP contribution in [0.1, 0.15) is 6.92 Å². The second kappa shape index (κ2) is 3.13. The van der Waals surface area contributed by atoms with Gasteiger partial charge in [-0.15, -0.1) is 0 Å². The molecule has 0 aromatic rings. The van der Waals surface area contributed by atoms with Crippen molar-refractivity contribution in [3.8, 4) is 0 Å². The molecule has 0 bridgehead atoms. The smallest absolute Gasteiger partial charge is 0.116 e. The van der Waals surface area contributed by atoms with E-state index >= 15 is 0 Å². The lowest BCUT2D eigenvalue weighted by Gasteiger charge is -1.79. The van der Waals surface area contributed by atoms with Crippen LogP contribution in [0.3, 0.4) is 0 Å². The number of allylic oxidation sites excluding steroid dienone is 3. The molecule has 0 heterocycles. The number of halogens is 1. The monoisotopic (exact) mass is 113 g/mol. The first-order chi connectivity index (χ1) is 3.63. The summed E-state index contributed by atoms with van der Waals surface area (Å²) < 4.78 is 11.7. The molecular weight excluding hydrogens is 105 g/mol. The molecule has 0 aliphatic heterocycles. The minimum absolute atomic E-state index is 0.323. The van der Waals surface area contributed by atoms with Gasteiger partial charge in [0.2, 0.25) is 0 Å². The Morgan fingerprint density at radius 1 is 1.62 bits per heavy atom. The highest BCUT2D eigenvalue weighted by Crippen LogP contribution is 1.91. The minimum atomic E-state index is -0.517. The van der Waals surface area contributed by atoms with Crippen LogP contribution in [0.2, 0.25) is 0 Å². The minimum Gasteiger partial charge on any atom is -0.306 e. The van der Waals surface area contributed by atoms with Gasteiger partial charge in [-0.1, -0.05) is 6.58 Å². The molecule has 0 aromatic carbocycles. The van der Waals surface area contributed by atoms with Gasteiger partial charge < -0.3 is 5.41 Å². The molecule has 0 fully saturated rings. The molecule has 0 saturated carbocycles. The standard InChI is InChI=1S/C6H8FN/c1-5(7)3-4-6(2)8/h3-4,8H,1H2,2H3/b4-3-,8-6?. The van der Waals surface area contributed by atoms with Gasteiger partial charge in [-0.25, -0.2) is 4.39 Å². The normalized spacial score (nSPS) is 9.75. The molecule has 0 unspecified atom stereocenters. The lowest BCUT2D eigenvalue weighted by atomic mass is 10.3. The third-order valence-corrected chi connectivity index (χ3v) is 0.514. The van der Waals surface area contributed by atoms with Crippen LogP contribution in [-0.4, -0.2) is 5.71 Å². The van der Waals surface area contributed by atoms with Crippen molar-refractivity contribution in [2.45, 2.75) is 6.92 Å². The Balaban J connectivity index is 3.67. The van der Waals surface area contributed by atoms with Crippen LogP contribution in [0.5, 0.6) is 0 Å². The molecule has 0 rings (SSSR count). The molecule has 2 heteroatoms. The van der Waals surface area contributed by atoms with Gasteiger partial charge in [0.15, 0.2) is 0 Å². The molecule has 0 aliphatic rings. The maximum Gasteiger partial charge on any atom is 0.116 e. The highest BCUT2D eigenvalue weighted by Gasteiger charge is 1.78. The zero-order valence-electron chi connectivity index (χ0n) is 4.74. The molecule has 0 amide bonds. The Bertz CT molecular complexity index is 119. The first kappa shape index (κ1) is 7.08. The summed E-state index contributed by atoms with van der Waals surface area (Å²) in [5.74, 6) is -0.517. The lowest BCUT2D eigenvalue weighted by Crippen LogP contribution is -1.76. The summed E-state index contributed by atoms with van der Waals surface area (Å²) >= 11 is 0. The van der Waals surface area contributed by atoms with E-state index in [1.54, 1.807) is 6.92 Å². The summed E-state index contributed by atoms with van der Waals surface area (Å²) in [5, 5.41) is 6.79. The number of hydrogen-bond donors (Lipinski definition) is 1. The van der Waals surface area contributed by atoms with Crippen molar-refractivity contribution < 1.29 is 4.39 Å². The van der Waals surface area contributed by atoms with E-state index in [2.05, 4.69) is 6.58 Å². The van der Waals surface area contributed by atoms with E-state index in [1.165, 1.54) is 6.08 Å². The molecule has 0 saturated heterocycles. The van der Waals surface area contributed by atoms with Gasteiger partial charge in [0, 0.05) is 5.71 Å². The Kier molecular flexibility index (Phi) is 2.77. The summed E-state index contributed by atoms with van der Waals surface area (Å²) in [7, 11) is 0. The molecule has 44 valence electrons. The average Bonchev–Trinajstić information content (AvgIpc) is 1.61. The van der Waals surface area contributed by atoms with Crippen LogP contribution in [0.25, 0.3) is 0 Å². The molecule has 1 nitrogen and oxygen atoms in total. The zero-order valence-corrected chi connectivity index (χ0v) is 4.74. The number of nitrogens with one attached hydrogen (secondary N) is 1. The summed E-state index contributed by atoms with van der Waals surface area (Å²) in [6.45, 7) is 4.55. The van der Waals surface area contributed by atoms with Crippen LogP contribution in [0, 0.1) is 5.41 Å². The summed E-state index contributed by atoms with van der Waals surface area (Å²) in [6.07, 6.45) is 2.50. The fourth-order valence-electron chi connectivity index (χ4n) is 0.215. The molecule has 0 aliphatic carbocycles. The van der Waals surface area contributed by atoms with Crippen molar-refractivity contribution in [1.82, 2.24) is 0 Å². The fraction of sp³-hybridized carbons (Fsp3) is 0.167. The van der Waals surface area contributed by atoms with Crippen LogP contribution < -0.4 is 0 Å². The van der Waals surface area contributed by atoms with Gasteiger partial charge in [0.05, 0.1) is 0 Å². The van der Waals surface area contributed by atoms with E-state index in [-0.39, 0.29) is 0 Å². The van der Waals surface area contributed by atoms with E-state index in [0.717, 1.165) is 6.08 Å². The Morgan fingerprint density at radius 2 is 2.12 bits per heavy atom. The van der Waals surface area contributed by atoms with Crippen LogP contribution in [0.4, 0.5) is 4.39 Å². The predicted molar refractivity (Wildman–Crippen MR) is 32.8 cm³/mol. The second-order valence-corrected chi connectivity index (χ2v) is 1.46. The van der Waals surface area contributed by atoms with E-state index in [0.29, 0.717) is 5.71 Å². The molecule has 8 heavy (non-hydrogen) atoms. The maximum absolute atomic E-state index is 11.7. The van der Waals surface area contributed by atoms with Crippen LogP contribution in [0.15, 0.2) is 24.6 Å². The first-order valence-electron chi connectivity index (χ1n) is 2.20. The number of rotatable bonds is 2. The van der Waals surface area contributed by atoms with E-state index < -0.39 is 5.83 Å². The van der Waals surface area contributed by atoms with E-state index in [1.807, 2.05) is 0 Å². The van der Waals surface area contributed by atoms with Gasteiger partial charge in [0.25, 0.3) is 0 Å². The fourth-order valence-corrected chi connectivity index (χ4v) is 0.215. The highest BCUT2D eigenvalue weighted by molar-refractivity contribution is 5.90. The van der Waals surface area contributed by atoms with Crippen molar-refractivity contribution in [3.05, 3.63) is 24.6 Å². The van der Waals surface area contributed by atoms with Gasteiger partial charge in [-0.05, 0) is 19.1 Å². The molecular formula is C6H8FN. The van der Waals surface area contributed by atoms with Gasteiger partial charge in [-0.2, -0.15) is 0 Å². The largest absolute Gasteiger partial charge is 0.306 e. The quantitative estimate of drug-likeness (QED) is 0.418. The Hall–Kier alpha value is -0.920. The lowest BCUT2D eigenvalue weighted by molar-refractivity contribution is 0.671. The molecule has 0 aromatic heterocycles. The highest BCUT2D eigenvalue weighted by atomic mass is 19.1. The van der Waals surface area contributed by atoms with Gasteiger partial charge >= 0.3 is 0 Å². The van der Waals surface area contributed by atoms with Crippen molar-refractivity contribution in [3.63, 3.8) is 0 Å². The van der Waals surface area contributed by atoms with Crippen molar-refractivity contribution in [2.75, 3.05) is 0 Å². The SMILES string of the molecule is C=C(F)/C=C\C(C)=N. The topological polar surface area (TPSA) is 23.9 Å². The van der Waals surface area contributed by atoms with Crippen molar-refractivity contribution >= 4 is 5.71 Å². The first-order valence-corrected chi connectivity index (χ1v) is 2.20. The molecule has 0 radical (unpaired) electrons. The van der Waals surface area contributed by atoms with Crippen LogP contribution >= 0.6 is 0 Å². The second-order valence-electron chi connectivity index (χ2n) is 1.46. The van der Waals surface area contributed by atoms with Gasteiger partial charge in [0.1, 0.15) is 5.83 Å². The van der Waals surface area contributed by atoms with Crippen molar-refractivity contribution in [1.29, 1.82) is 5.41 Å². The molecule has 1 N–H and O–H groups in total.